The molecular weight excluding hydrogens is 264 g/mol. The normalized spacial score (nSPS) is 10.4. The molecular formula is C14H13ClN2O2. The van der Waals surface area contributed by atoms with Crippen molar-refractivity contribution >= 4 is 17.4 Å². The predicted octanol–water partition coefficient (Wildman–Crippen LogP) is 2.56. The Kier molecular flexibility index (Phi) is 3.71. The van der Waals surface area contributed by atoms with Crippen molar-refractivity contribution in [1.82, 2.24) is 9.78 Å². The number of rotatable bonds is 4. The summed E-state index contributed by atoms with van der Waals surface area (Å²) < 4.78 is 1.34. The molecule has 5 heteroatoms. The van der Waals surface area contributed by atoms with Gasteiger partial charge in [-0.1, -0.05) is 29.8 Å². The lowest BCUT2D eigenvalue weighted by molar-refractivity contribution is 0.103. The van der Waals surface area contributed by atoms with Gasteiger partial charge in [-0.15, -0.1) is 6.58 Å². The Morgan fingerprint density at radius 1 is 1.47 bits per heavy atom. The molecule has 0 bridgehead atoms. The van der Waals surface area contributed by atoms with Gasteiger partial charge in [0.25, 0.3) is 5.56 Å². The number of hydrogen-bond donors (Lipinski definition) is 1. The monoisotopic (exact) mass is 276 g/mol. The molecule has 0 spiro atoms. The molecule has 1 aromatic carbocycles. The number of aryl methyl sites for hydroxylation is 1. The number of aromatic nitrogens is 2. The minimum absolute atomic E-state index is 0.120. The summed E-state index contributed by atoms with van der Waals surface area (Å²) in [5, 5.41) is 3.19. The quantitative estimate of drug-likeness (QED) is 0.689. The highest BCUT2D eigenvalue weighted by Crippen LogP contribution is 2.18. The Labute approximate surface area is 115 Å². The molecule has 0 fully saturated rings. The highest BCUT2D eigenvalue weighted by molar-refractivity contribution is 6.35. The van der Waals surface area contributed by atoms with Crippen LogP contribution in [0.3, 0.4) is 0 Å². The summed E-state index contributed by atoms with van der Waals surface area (Å²) in [4.78, 5) is 24.5. The van der Waals surface area contributed by atoms with Crippen LogP contribution in [0.25, 0.3) is 0 Å². The Morgan fingerprint density at radius 3 is 2.79 bits per heavy atom. The molecule has 1 N–H and O–H groups in total. The van der Waals surface area contributed by atoms with Crippen LogP contribution in [-0.4, -0.2) is 15.6 Å². The summed E-state index contributed by atoms with van der Waals surface area (Å²) >= 11 is 5.99. The second kappa shape index (κ2) is 5.28. The first-order valence-corrected chi connectivity index (χ1v) is 6.13. The number of benzene rings is 1. The van der Waals surface area contributed by atoms with Crippen LogP contribution < -0.4 is 5.56 Å². The van der Waals surface area contributed by atoms with Crippen LogP contribution in [0.5, 0.6) is 0 Å². The molecule has 0 atom stereocenters. The Bertz CT molecular complexity index is 698. The molecule has 0 aliphatic heterocycles. The van der Waals surface area contributed by atoms with Gasteiger partial charge in [0.2, 0.25) is 5.78 Å². The van der Waals surface area contributed by atoms with Crippen molar-refractivity contribution in [3.8, 4) is 0 Å². The number of allylic oxidation sites excluding steroid dienone is 1. The van der Waals surface area contributed by atoms with Gasteiger partial charge in [-0.05, 0) is 19.1 Å². The average molecular weight is 277 g/mol. The molecule has 0 unspecified atom stereocenters. The molecule has 0 amide bonds. The number of nitrogens with one attached hydrogen (secondary N) is 1. The largest absolute Gasteiger partial charge is 0.299 e. The minimum Gasteiger partial charge on any atom is -0.299 e. The van der Waals surface area contributed by atoms with E-state index in [-0.39, 0.29) is 16.9 Å². The molecule has 0 saturated carbocycles. The number of H-pyrrole nitrogens is 1. The summed E-state index contributed by atoms with van der Waals surface area (Å²) in [6.45, 7) is 5.58. The van der Waals surface area contributed by atoms with Crippen LogP contribution in [0.2, 0.25) is 5.02 Å². The van der Waals surface area contributed by atoms with Gasteiger partial charge in [0.15, 0.2) is 0 Å². The number of carbonyl (C=O) groups excluding carboxylic acids is 1. The van der Waals surface area contributed by atoms with Crippen LogP contribution in [0, 0.1) is 6.92 Å². The van der Waals surface area contributed by atoms with Gasteiger partial charge in [0, 0.05) is 11.3 Å². The van der Waals surface area contributed by atoms with Crippen LogP contribution in [-0.2, 0) is 6.54 Å². The van der Waals surface area contributed by atoms with Crippen molar-refractivity contribution < 1.29 is 4.79 Å². The lowest BCUT2D eigenvalue weighted by Crippen LogP contribution is -2.21. The summed E-state index contributed by atoms with van der Waals surface area (Å²) in [6.07, 6.45) is 1.58. The van der Waals surface area contributed by atoms with E-state index in [9.17, 15) is 9.59 Å². The van der Waals surface area contributed by atoms with Crippen LogP contribution in [0.15, 0.2) is 41.7 Å². The third-order valence-electron chi connectivity index (χ3n) is 2.79. The Balaban J connectivity index is 2.54. The van der Waals surface area contributed by atoms with E-state index in [1.54, 1.807) is 37.3 Å². The molecule has 19 heavy (non-hydrogen) atoms. The first kappa shape index (κ1) is 13.4. The number of hydrogen-bond acceptors (Lipinski definition) is 2. The summed E-state index contributed by atoms with van der Waals surface area (Å²) in [5.41, 5.74) is 0.614. The fourth-order valence-electron chi connectivity index (χ4n) is 1.91. The van der Waals surface area contributed by atoms with Crippen molar-refractivity contribution in [2.75, 3.05) is 0 Å². The minimum atomic E-state index is -0.368. The first-order chi connectivity index (χ1) is 9.06. The molecule has 2 rings (SSSR count). The fourth-order valence-corrected chi connectivity index (χ4v) is 2.13. The standard InChI is InChI=1S/C14H13ClN2O2/c1-3-8-17-14(19)12(9(2)16-17)13(18)10-6-4-5-7-11(10)15/h3-7,16H,1,8H2,2H3. The molecule has 0 aliphatic rings. The van der Waals surface area contributed by atoms with E-state index in [4.69, 9.17) is 11.6 Å². The van der Waals surface area contributed by atoms with Gasteiger partial charge in [-0.3, -0.25) is 14.7 Å². The SMILES string of the molecule is C=CCn1[nH]c(C)c(C(=O)c2ccccc2Cl)c1=O. The van der Waals surface area contributed by atoms with Crippen molar-refractivity contribution in [1.29, 1.82) is 0 Å². The van der Waals surface area contributed by atoms with Gasteiger partial charge in [0.1, 0.15) is 5.56 Å². The second-order valence-corrected chi connectivity index (χ2v) is 4.53. The van der Waals surface area contributed by atoms with E-state index >= 15 is 0 Å². The number of carbonyl (C=O) groups is 1. The van der Waals surface area contributed by atoms with Crippen molar-refractivity contribution in [2.24, 2.45) is 0 Å². The molecule has 0 radical (unpaired) electrons. The lowest BCUT2D eigenvalue weighted by atomic mass is 10.0. The van der Waals surface area contributed by atoms with Crippen molar-refractivity contribution in [3.63, 3.8) is 0 Å². The average Bonchev–Trinajstić information content (AvgIpc) is 2.65. The van der Waals surface area contributed by atoms with E-state index in [1.165, 1.54) is 4.68 Å². The summed E-state index contributed by atoms with van der Waals surface area (Å²) in [6, 6.07) is 6.68. The van der Waals surface area contributed by atoms with E-state index < -0.39 is 0 Å². The lowest BCUT2D eigenvalue weighted by Gasteiger charge is -2.00. The van der Waals surface area contributed by atoms with E-state index in [0.717, 1.165) is 0 Å². The number of halogens is 1. The van der Waals surface area contributed by atoms with E-state index in [0.29, 0.717) is 22.8 Å². The Hall–Kier alpha value is -2.07. The highest BCUT2D eigenvalue weighted by atomic mass is 35.5. The van der Waals surface area contributed by atoms with Crippen LogP contribution >= 0.6 is 11.6 Å². The van der Waals surface area contributed by atoms with Gasteiger partial charge in [-0.2, -0.15) is 0 Å². The van der Waals surface area contributed by atoms with Crippen molar-refractivity contribution in [2.45, 2.75) is 13.5 Å². The molecule has 1 heterocycles. The Morgan fingerprint density at radius 2 is 2.16 bits per heavy atom. The third kappa shape index (κ3) is 2.39. The molecule has 2 aromatic rings. The maximum atomic E-state index is 12.4. The first-order valence-electron chi connectivity index (χ1n) is 5.75. The second-order valence-electron chi connectivity index (χ2n) is 4.13. The van der Waals surface area contributed by atoms with Gasteiger partial charge >= 0.3 is 0 Å². The topological polar surface area (TPSA) is 54.9 Å². The molecule has 1 aromatic heterocycles. The molecule has 98 valence electrons. The predicted molar refractivity (Wildman–Crippen MR) is 74.9 cm³/mol. The highest BCUT2D eigenvalue weighted by Gasteiger charge is 2.21. The molecule has 4 nitrogen and oxygen atoms in total. The molecule has 0 aliphatic carbocycles. The van der Waals surface area contributed by atoms with Crippen LogP contribution in [0.1, 0.15) is 21.6 Å². The van der Waals surface area contributed by atoms with E-state index in [1.807, 2.05) is 0 Å². The summed E-state index contributed by atoms with van der Waals surface area (Å²) in [5.74, 6) is -0.368. The van der Waals surface area contributed by atoms with Gasteiger partial charge in [0.05, 0.1) is 11.6 Å². The number of nitrogens with zero attached hydrogens (tertiary/aromatic N) is 1. The number of aromatic amines is 1. The maximum Gasteiger partial charge on any atom is 0.278 e. The zero-order chi connectivity index (χ0) is 14.0. The zero-order valence-electron chi connectivity index (χ0n) is 10.4. The van der Waals surface area contributed by atoms with E-state index in [2.05, 4.69) is 11.7 Å². The maximum absolute atomic E-state index is 12.4. The molecule has 0 saturated heterocycles. The van der Waals surface area contributed by atoms with Crippen LogP contribution in [0.4, 0.5) is 0 Å². The third-order valence-corrected chi connectivity index (χ3v) is 3.12. The van der Waals surface area contributed by atoms with Crippen molar-refractivity contribution in [3.05, 3.63) is 69.1 Å². The fraction of sp³-hybridized carbons (Fsp3) is 0.143. The zero-order valence-corrected chi connectivity index (χ0v) is 11.2. The summed E-state index contributed by atoms with van der Waals surface area (Å²) in [7, 11) is 0. The van der Waals surface area contributed by atoms with Gasteiger partial charge < -0.3 is 0 Å². The number of ketones is 1. The van der Waals surface area contributed by atoms with Gasteiger partial charge in [-0.25, -0.2) is 4.68 Å². The smallest absolute Gasteiger partial charge is 0.278 e.